The van der Waals surface area contributed by atoms with Gasteiger partial charge in [0.1, 0.15) is 5.65 Å². The maximum Gasteiger partial charge on any atom is 0.274 e. The molecule has 0 spiro atoms. The number of benzene rings is 1. The molecule has 0 unspecified atom stereocenters. The highest BCUT2D eigenvalue weighted by molar-refractivity contribution is 5.93. The van der Waals surface area contributed by atoms with Crippen LogP contribution in [0.4, 0.5) is 5.69 Å². The Labute approximate surface area is 192 Å². The second-order valence-corrected chi connectivity index (χ2v) is 8.27. The molecule has 0 atom stereocenters. The lowest BCUT2D eigenvalue weighted by molar-refractivity contribution is 0.0706. The maximum atomic E-state index is 11.5. The van der Waals surface area contributed by atoms with E-state index in [0.717, 1.165) is 49.3 Å². The molecule has 1 aliphatic heterocycles. The fraction of sp³-hybridized carbons (Fsp3) is 0.240. The van der Waals surface area contributed by atoms with E-state index in [2.05, 4.69) is 54.8 Å². The molecule has 8 nitrogen and oxygen atoms in total. The summed E-state index contributed by atoms with van der Waals surface area (Å²) in [5.74, 6) is -0.514. The Morgan fingerprint density at radius 2 is 1.61 bits per heavy atom. The van der Waals surface area contributed by atoms with Crippen LogP contribution in [0.5, 0.6) is 0 Å². The van der Waals surface area contributed by atoms with Crippen molar-refractivity contribution in [2.75, 3.05) is 31.1 Å². The third-order valence-corrected chi connectivity index (χ3v) is 6.18. The van der Waals surface area contributed by atoms with Crippen LogP contribution >= 0.6 is 0 Å². The molecule has 4 heterocycles. The summed E-state index contributed by atoms with van der Waals surface area (Å²) in [4.78, 5) is 25.2. The molecule has 1 fully saturated rings. The van der Waals surface area contributed by atoms with Gasteiger partial charge in [0.25, 0.3) is 5.91 Å². The largest absolute Gasteiger partial charge is 0.368 e. The van der Waals surface area contributed by atoms with Crippen LogP contribution in [0.15, 0.2) is 73.3 Å². The van der Waals surface area contributed by atoms with Crippen molar-refractivity contribution in [2.24, 2.45) is 0 Å². The second-order valence-electron chi connectivity index (χ2n) is 8.27. The molecular weight excluding hydrogens is 416 g/mol. The lowest BCUT2D eigenvalue weighted by Gasteiger charge is -2.36. The van der Waals surface area contributed by atoms with Crippen molar-refractivity contribution in [2.45, 2.75) is 13.1 Å². The predicted molar refractivity (Wildman–Crippen MR) is 126 cm³/mol. The van der Waals surface area contributed by atoms with E-state index in [4.69, 9.17) is 5.21 Å². The third-order valence-electron chi connectivity index (χ3n) is 6.18. The number of hydrogen-bond donors (Lipinski definition) is 2. The van der Waals surface area contributed by atoms with Gasteiger partial charge in [-0.2, -0.15) is 0 Å². The van der Waals surface area contributed by atoms with Crippen molar-refractivity contribution in [3.05, 3.63) is 90.0 Å². The van der Waals surface area contributed by atoms with Crippen LogP contribution in [0, 0.1) is 0 Å². The highest BCUT2D eigenvalue weighted by atomic mass is 16.5. The fourth-order valence-corrected chi connectivity index (χ4v) is 4.40. The number of hydrogen-bond acceptors (Lipinski definition) is 6. The lowest BCUT2D eigenvalue weighted by Crippen LogP contribution is -2.46. The van der Waals surface area contributed by atoms with Crippen molar-refractivity contribution >= 4 is 22.6 Å². The van der Waals surface area contributed by atoms with E-state index in [0.29, 0.717) is 12.1 Å². The minimum absolute atomic E-state index is 0.419. The zero-order valence-electron chi connectivity index (χ0n) is 18.3. The number of piperazine rings is 1. The molecule has 33 heavy (non-hydrogen) atoms. The Kier molecular flexibility index (Phi) is 6.01. The number of rotatable bonds is 6. The Morgan fingerprint density at radius 3 is 2.33 bits per heavy atom. The van der Waals surface area contributed by atoms with Crippen molar-refractivity contribution in [1.29, 1.82) is 0 Å². The number of hydroxylamine groups is 1. The molecule has 0 saturated carbocycles. The number of carbonyl (C=O) groups excluding carboxylic acids is 1. The normalized spacial score (nSPS) is 14.5. The predicted octanol–water partition coefficient (Wildman–Crippen LogP) is 2.92. The van der Waals surface area contributed by atoms with Gasteiger partial charge in [0.2, 0.25) is 0 Å². The molecule has 0 bridgehead atoms. The third kappa shape index (κ3) is 4.57. The summed E-state index contributed by atoms with van der Waals surface area (Å²) >= 11 is 0. The quantitative estimate of drug-likeness (QED) is 0.353. The molecule has 5 rings (SSSR count). The summed E-state index contributed by atoms with van der Waals surface area (Å²) < 4.78 is 2.12. The number of aromatic nitrogens is 3. The Morgan fingerprint density at radius 1 is 0.879 bits per heavy atom. The summed E-state index contributed by atoms with van der Waals surface area (Å²) in [6.07, 6.45) is 7.65. The highest BCUT2D eigenvalue weighted by Gasteiger charge is 2.20. The van der Waals surface area contributed by atoms with Crippen LogP contribution in [0.1, 0.15) is 21.5 Å². The first-order valence-electron chi connectivity index (χ1n) is 11.0. The molecule has 8 heteroatoms. The molecule has 3 aromatic heterocycles. The van der Waals surface area contributed by atoms with E-state index < -0.39 is 5.91 Å². The molecule has 2 N–H and O–H groups in total. The van der Waals surface area contributed by atoms with Gasteiger partial charge in [0, 0.05) is 80.7 Å². The number of anilines is 1. The minimum atomic E-state index is -0.514. The zero-order valence-corrected chi connectivity index (χ0v) is 18.3. The summed E-state index contributed by atoms with van der Waals surface area (Å²) in [6.45, 7) is 5.59. The SMILES string of the molecule is O=C(NO)c1ccc(Cn2ccc3c(N4CCN(Cc5ccncc5)CC4)ccnc32)cc1. The van der Waals surface area contributed by atoms with Gasteiger partial charge in [-0.3, -0.25) is 19.9 Å². The molecule has 1 amide bonds. The smallest absolute Gasteiger partial charge is 0.274 e. The van der Waals surface area contributed by atoms with Gasteiger partial charge < -0.3 is 9.47 Å². The van der Waals surface area contributed by atoms with Crippen LogP contribution in [0.3, 0.4) is 0 Å². The van der Waals surface area contributed by atoms with Crippen molar-refractivity contribution in [3.63, 3.8) is 0 Å². The number of pyridine rings is 2. The first-order chi connectivity index (χ1) is 16.2. The minimum Gasteiger partial charge on any atom is -0.368 e. The Bertz CT molecular complexity index is 1230. The van der Waals surface area contributed by atoms with Gasteiger partial charge in [0.15, 0.2) is 0 Å². The molecular formula is C25H26N6O2. The second kappa shape index (κ2) is 9.40. The first-order valence-corrected chi connectivity index (χ1v) is 11.0. The first kappa shape index (κ1) is 21.1. The van der Waals surface area contributed by atoms with Gasteiger partial charge in [-0.05, 0) is 47.5 Å². The number of amides is 1. The fourth-order valence-electron chi connectivity index (χ4n) is 4.40. The molecule has 1 aromatic carbocycles. The molecule has 0 aliphatic carbocycles. The number of nitrogens with one attached hydrogen (secondary N) is 1. The number of fused-ring (bicyclic) bond motifs is 1. The standard InChI is InChI=1S/C25H26N6O2/c32-25(28-33)21-3-1-19(2-4-21)18-31-12-8-22-23(7-11-27-24(22)31)30-15-13-29(14-16-30)17-20-5-9-26-10-6-20/h1-12,33H,13-18H2,(H,28,32). The summed E-state index contributed by atoms with van der Waals surface area (Å²) in [7, 11) is 0. The molecule has 0 radical (unpaired) electrons. The van der Waals surface area contributed by atoms with Crippen LogP contribution in [0.2, 0.25) is 0 Å². The topological polar surface area (TPSA) is 86.5 Å². The number of nitrogens with zero attached hydrogens (tertiary/aromatic N) is 5. The van der Waals surface area contributed by atoms with E-state index in [9.17, 15) is 4.79 Å². The highest BCUT2D eigenvalue weighted by Crippen LogP contribution is 2.28. The van der Waals surface area contributed by atoms with Crippen molar-refractivity contribution in [3.8, 4) is 0 Å². The van der Waals surface area contributed by atoms with Gasteiger partial charge in [-0.15, -0.1) is 0 Å². The monoisotopic (exact) mass is 442 g/mol. The van der Waals surface area contributed by atoms with Crippen LogP contribution < -0.4 is 10.4 Å². The molecule has 168 valence electrons. The molecule has 1 aliphatic rings. The summed E-state index contributed by atoms with van der Waals surface area (Å²) in [5.41, 5.74) is 6.60. The van der Waals surface area contributed by atoms with Crippen LogP contribution in [-0.4, -0.2) is 56.7 Å². The van der Waals surface area contributed by atoms with Gasteiger partial charge in [-0.1, -0.05) is 12.1 Å². The average Bonchev–Trinajstić information content (AvgIpc) is 3.28. The van der Waals surface area contributed by atoms with Gasteiger partial charge in [-0.25, -0.2) is 10.5 Å². The van der Waals surface area contributed by atoms with E-state index in [1.165, 1.54) is 11.3 Å². The van der Waals surface area contributed by atoms with Crippen LogP contribution in [0.25, 0.3) is 11.0 Å². The maximum absolute atomic E-state index is 11.5. The average molecular weight is 443 g/mol. The van der Waals surface area contributed by atoms with Crippen LogP contribution in [-0.2, 0) is 13.1 Å². The summed E-state index contributed by atoms with van der Waals surface area (Å²) in [5, 5.41) is 9.93. The van der Waals surface area contributed by atoms with Crippen molar-refractivity contribution in [1.82, 2.24) is 24.9 Å². The van der Waals surface area contributed by atoms with E-state index in [1.54, 1.807) is 17.6 Å². The van der Waals surface area contributed by atoms with E-state index in [1.807, 2.05) is 30.7 Å². The summed E-state index contributed by atoms with van der Waals surface area (Å²) in [6, 6.07) is 15.6. The van der Waals surface area contributed by atoms with Crippen molar-refractivity contribution < 1.29 is 10.0 Å². The van der Waals surface area contributed by atoms with Gasteiger partial charge in [0.05, 0.1) is 0 Å². The zero-order chi connectivity index (χ0) is 22.6. The number of carbonyl (C=O) groups is 1. The molecule has 4 aromatic rings. The lowest BCUT2D eigenvalue weighted by atomic mass is 10.1. The Balaban J connectivity index is 1.28. The van der Waals surface area contributed by atoms with E-state index in [-0.39, 0.29) is 0 Å². The Hall–Kier alpha value is -3.75. The van der Waals surface area contributed by atoms with Gasteiger partial charge >= 0.3 is 0 Å². The van der Waals surface area contributed by atoms with E-state index >= 15 is 0 Å². The molecule has 1 saturated heterocycles.